The average molecular weight is 280 g/mol. The normalized spacial score (nSPS) is 10.7. The lowest BCUT2D eigenvalue weighted by molar-refractivity contribution is 0.0958. The third kappa shape index (κ3) is 3.17. The summed E-state index contributed by atoms with van der Waals surface area (Å²) in [4.78, 5) is 12.7. The van der Waals surface area contributed by atoms with E-state index in [1.165, 1.54) is 11.3 Å². The summed E-state index contributed by atoms with van der Waals surface area (Å²) in [5, 5.41) is 3.97. The SMILES string of the molecule is CSCCCNC(=O)c1cc2cc(N)ccc2s1. The Labute approximate surface area is 115 Å². The van der Waals surface area contributed by atoms with E-state index >= 15 is 0 Å². The Kier molecular flexibility index (Phi) is 4.49. The van der Waals surface area contributed by atoms with Crippen LogP contribution in [0.1, 0.15) is 16.1 Å². The number of nitrogen functional groups attached to an aromatic ring is 1. The van der Waals surface area contributed by atoms with Crippen LogP contribution >= 0.6 is 23.1 Å². The highest BCUT2D eigenvalue weighted by atomic mass is 32.2. The van der Waals surface area contributed by atoms with Gasteiger partial charge in [-0.25, -0.2) is 0 Å². The highest BCUT2D eigenvalue weighted by molar-refractivity contribution is 7.98. The Hall–Kier alpha value is -1.20. The summed E-state index contributed by atoms with van der Waals surface area (Å²) in [5.41, 5.74) is 6.45. The van der Waals surface area contributed by atoms with E-state index in [1.54, 1.807) is 11.8 Å². The van der Waals surface area contributed by atoms with Crippen molar-refractivity contribution in [2.45, 2.75) is 6.42 Å². The number of nitrogens with two attached hydrogens (primary N) is 1. The van der Waals surface area contributed by atoms with Crippen LogP contribution in [0.15, 0.2) is 24.3 Å². The van der Waals surface area contributed by atoms with Crippen LogP contribution in [0.5, 0.6) is 0 Å². The van der Waals surface area contributed by atoms with Crippen molar-refractivity contribution in [3.8, 4) is 0 Å². The summed E-state index contributed by atoms with van der Waals surface area (Å²) in [7, 11) is 0. The molecule has 1 heterocycles. The second-order valence-electron chi connectivity index (χ2n) is 4.01. The number of thiophene rings is 1. The van der Waals surface area contributed by atoms with E-state index in [0.717, 1.165) is 39.4 Å². The topological polar surface area (TPSA) is 55.1 Å². The van der Waals surface area contributed by atoms with Gasteiger partial charge in [-0.3, -0.25) is 4.79 Å². The molecule has 2 rings (SSSR count). The van der Waals surface area contributed by atoms with Gasteiger partial charge in [0, 0.05) is 16.9 Å². The molecule has 0 saturated carbocycles. The van der Waals surface area contributed by atoms with Crippen molar-refractivity contribution in [3.05, 3.63) is 29.1 Å². The molecule has 2 aromatic rings. The zero-order chi connectivity index (χ0) is 13.0. The van der Waals surface area contributed by atoms with Gasteiger partial charge >= 0.3 is 0 Å². The van der Waals surface area contributed by atoms with E-state index in [9.17, 15) is 4.79 Å². The first-order valence-electron chi connectivity index (χ1n) is 5.77. The fourth-order valence-electron chi connectivity index (χ4n) is 1.68. The van der Waals surface area contributed by atoms with Gasteiger partial charge in [0.2, 0.25) is 0 Å². The molecule has 0 saturated heterocycles. The molecule has 0 unspecified atom stereocenters. The van der Waals surface area contributed by atoms with E-state index in [2.05, 4.69) is 11.6 Å². The minimum atomic E-state index is 0.0101. The highest BCUT2D eigenvalue weighted by Gasteiger charge is 2.09. The Morgan fingerprint density at radius 2 is 2.28 bits per heavy atom. The molecule has 18 heavy (non-hydrogen) atoms. The molecular formula is C13H16N2OS2. The summed E-state index contributed by atoms with van der Waals surface area (Å²) in [6.45, 7) is 0.732. The number of rotatable bonds is 5. The summed E-state index contributed by atoms with van der Waals surface area (Å²) in [6, 6.07) is 7.62. The van der Waals surface area contributed by atoms with Gasteiger partial charge < -0.3 is 11.1 Å². The summed E-state index contributed by atoms with van der Waals surface area (Å²) in [6.07, 6.45) is 3.07. The quantitative estimate of drug-likeness (QED) is 0.654. The Balaban J connectivity index is 2.04. The molecule has 0 spiro atoms. The second kappa shape index (κ2) is 6.11. The fraction of sp³-hybridized carbons (Fsp3) is 0.308. The number of hydrogen-bond acceptors (Lipinski definition) is 4. The number of hydrogen-bond donors (Lipinski definition) is 2. The second-order valence-corrected chi connectivity index (χ2v) is 6.08. The standard InChI is InChI=1S/C13H16N2OS2/c1-17-6-2-5-15-13(16)12-8-9-7-10(14)3-4-11(9)18-12/h3-4,7-8H,2,5-6,14H2,1H3,(H,15,16). The fourth-order valence-corrected chi connectivity index (χ4v) is 3.07. The van der Waals surface area contributed by atoms with Crippen molar-refractivity contribution in [1.82, 2.24) is 5.32 Å². The van der Waals surface area contributed by atoms with Crippen LogP contribution in [0.25, 0.3) is 10.1 Å². The van der Waals surface area contributed by atoms with Crippen LogP contribution in [0.4, 0.5) is 5.69 Å². The first-order valence-corrected chi connectivity index (χ1v) is 7.98. The molecule has 0 fully saturated rings. The van der Waals surface area contributed by atoms with Gasteiger partial charge in [0.15, 0.2) is 0 Å². The van der Waals surface area contributed by atoms with Crippen molar-refractivity contribution in [1.29, 1.82) is 0 Å². The van der Waals surface area contributed by atoms with E-state index in [0.29, 0.717) is 0 Å². The van der Waals surface area contributed by atoms with Crippen molar-refractivity contribution in [3.63, 3.8) is 0 Å². The molecule has 0 aliphatic heterocycles. The molecule has 3 N–H and O–H groups in total. The van der Waals surface area contributed by atoms with Gasteiger partial charge in [-0.05, 0) is 48.1 Å². The molecule has 0 atom stereocenters. The number of nitrogens with one attached hydrogen (secondary N) is 1. The number of carbonyl (C=O) groups is 1. The van der Waals surface area contributed by atoms with E-state index < -0.39 is 0 Å². The van der Waals surface area contributed by atoms with Crippen LogP contribution in [-0.2, 0) is 0 Å². The van der Waals surface area contributed by atoms with Crippen molar-refractivity contribution in [2.75, 3.05) is 24.3 Å². The zero-order valence-corrected chi connectivity index (χ0v) is 11.9. The molecule has 96 valence electrons. The van der Waals surface area contributed by atoms with Crippen molar-refractivity contribution < 1.29 is 4.79 Å². The van der Waals surface area contributed by atoms with E-state index in [4.69, 9.17) is 5.73 Å². The smallest absolute Gasteiger partial charge is 0.261 e. The summed E-state index contributed by atoms with van der Waals surface area (Å²) < 4.78 is 1.10. The summed E-state index contributed by atoms with van der Waals surface area (Å²) >= 11 is 3.30. The Bertz CT molecular complexity index is 551. The number of carbonyl (C=O) groups excluding carboxylic acids is 1. The van der Waals surface area contributed by atoms with Gasteiger partial charge in [-0.2, -0.15) is 11.8 Å². The Morgan fingerprint density at radius 3 is 3.06 bits per heavy atom. The molecule has 1 aromatic carbocycles. The lowest BCUT2D eigenvalue weighted by Crippen LogP contribution is -2.23. The number of thioether (sulfide) groups is 1. The molecule has 5 heteroatoms. The van der Waals surface area contributed by atoms with Gasteiger partial charge in [0.25, 0.3) is 5.91 Å². The third-order valence-electron chi connectivity index (χ3n) is 2.57. The van der Waals surface area contributed by atoms with Crippen molar-refractivity contribution >= 4 is 44.8 Å². The van der Waals surface area contributed by atoms with Gasteiger partial charge in [-0.1, -0.05) is 0 Å². The van der Waals surface area contributed by atoms with Gasteiger partial charge in [0.1, 0.15) is 0 Å². The Morgan fingerprint density at radius 1 is 1.44 bits per heavy atom. The monoisotopic (exact) mass is 280 g/mol. The van der Waals surface area contributed by atoms with Crippen LogP contribution < -0.4 is 11.1 Å². The minimum absolute atomic E-state index is 0.0101. The zero-order valence-electron chi connectivity index (χ0n) is 10.2. The lowest BCUT2D eigenvalue weighted by Gasteiger charge is -2.01. The highest BCUT2D eigenvalue weighted by Crippen LogP contribution is 2.27. The average Bonchev–Trinajstić information content (AvgIpc) is 2.77. The maximum Gasteiger partial charge on any atom is 0.261 e. The third-order valence-corrected chi connectivity index (χ3v) is 4.39. The van der Waals surface area contributed by atoms with Gasteiger partial charge in [0.05, 0.1) is 4.88 Å². The molecule has 0 aliphatic carbocycles. The number of benzene rings is 1. The molecular weight excluding hydrogens is 264 g/mol. The molecule has 1 amide bonds. The number of amides is 1. The lowest BCUT2D eigenvalue weighted by atomic mass is 10.2. The number of anilines is 1. The predicted octanol–water partition coefficient (Wildman–Crippen LogP) is 2.97. The molecule has 0 aliphatic rings. The van der Waals surface area contributed by atoms with Crippen LogP contribution in [0, 0.1) is 0 Å². The molecule has 0 bridgehead atoms. The largest absolute Gasteiger partial charge is 0.399 e. The van der Waals surface area contributed by atoms with Crippen LogP contribution in [0.2, 0.25) is 0 Å². The van der Waals surface area contributed by atoms with E-state index in [1.807, 2.05) is 24.3 Å². The first-order chi connectivity index (χ1) is 8.70. The minimum Gasteiger partial charge on any atom is -0.399 e. The maximum atomic E-state index is 11.9. The molecule has 3 nitrogen and oxygen atoms in total. The summed E-state index contributed by atoms with van der Waals surface area (Å²) in [5.74, 6) is 1.08. The van der Waals surface area contributed by atoms with E-state index in [-0.39, 0.29) is 5.91 Å². The molecule has 1 aromatic heterocycles. The first kappa shape index (κ1) is 13.2. The predicted molar refractivity (Wildman–Crippen MR) is 81.6 cm³/mol. The van der Waals surface area contributed by atoms with Gasteiger partial charge in [-0.15, -0.1) is 11.3 Å². The molecule has 0 radical (unpaired) electrons. The maximum absolute atomic E-state index is 11.9. The van der Waals surface area contributed by atoms with Crippen LogP contribution in [-0.4, -0.2) is 24.5 Å². The van der Waals surface area contributed by atoms with Crippen molar-refractivity contribution in [2.24, 2.45) is 0 Å². The number of fused-ring (bicyclic) bond motifs is 1. The van der Waals surface area contributed by atoms with Crippen LogP contribution in [0.3, 0.4) is 0 Å².